The minimum absolute atomic E-state index is 0.277. The third-order valence-corrected chi connectivity index (χ3v) is 5.72. The number of rotatable bonds is 4. The molecule has 0 aliphatic carbocycles. The van der Waals surface area contributed by atoms with Crippen molar-refractivity contribution in [2.75, 3.05) is 19.3 Å². The highest BCUT2D eigenvalue weighted by Crippen LogP contribution is 2.30. The van der Waals surface area contributed by atoms with Crippen molar-refractivity contribution in [1.29, 1.82) is 0 Å². The van der Waals surface area contributed by atoms with Crippen LogP contribution in [0.5, 0.6) is 5.88 Å². The Morgan fingerprint density at radius 1 is 1.06 bits per heavy atom. The molecule has 31 heavy (non-hydrogen) atoms. The van der Waals surface area contributed by atoms with Gasteiger partial charge in [-0.3, -0.25) is 9.97 Å². The maximum atomic E-state index is 6.05. The van der Waals surface area contributed by atoms with Crippen molar-refractivity contribution in [3.05, 3.63) is 71.2 Å². The van der Waals surface area contributed by atoms with Gasteiger partial charge in [0, 0.05) is 31.0 Å². The van der Waals surface area contributed by atoms with Crippen molar-refractivity contribution in [3.63, 3.8) is 0 Å². The van der Waals surface area contributed by atoms with Gasteiger partial charge in [0.15, 0.2) is 5.82 Å². The first-order chi connectivity index (χ1) is 15.1. The summed E-state index contributed by atoms with van der Waals surface area (Å²) < 4.78 is 5.94. The number of nitrogens with zero attached hydrogens (tertiary/aromatic N) is 5. The maximum Gasteiger partial charge on any atom is 0.258 e. The van der Waals surface area contributed by atoms with Crippen molar-refractivity contribution >= 4 is 16.9 Å². The molecule has 7 nitrogen and oxygen atoms in total. The van der Waals surface area contributed by atoms with Crippen LogP contribution in [-0.4, -0.2) is 38.4 Å². The van der Waals surface area contributed by atoms with Gasteiger partial charge < -0.3 is 15.4 Å². The first-order valence-electron chi connectivity index (χ1n) is 10.3. The van der Waals surface area contributed by atoms with Gasteiger partial charge in [0.1, 0.15) is 6.61 Å². The second-order valence-corrected chi connectivity index (χ2v) is 8.03. The van der Waals surface area contributed by atoms with Crippen molar-refractivity contribution < 1.29 is 4.74 Å². The summed E-state index contributed by atoms with van der Waals surface area (Å²) in [7, 11) is 2.15. The zero-order chi connectivity index (χ0) is 21.4. The highest BCUT2D eigenvalue weighted by atomic mass is 16.5. The quantitative estimate of drug-likeness (QED) is 0.548. The van der Waals surface area contributed by atoms with Gasteiger partial charge in [-0.25, -0.2) is 9.97 Å². The van der Waals surface area contributed by atoms with Crippen molar-refractivity contribution in [2.24, 2.45) is 0 Å². The van der Waals surface area contributed by atoms with E-state index < -0.39 is 0 Å². The Morgan fingerprint density at radius 2 is 1.90 bits per heavy atom. The van der Waals surface area contributed by atoms with Gasteiger partial charge in [-0.2, -0.15) is 0 Å². The van der Waals surface area contributed by atoms with Crippen molar-refractivity contribution in [2.45, 2.75) is 26.5 Å². The molecule has 2 N–H and O–H groups in total. The lowest BCUT2D eigenvalue weighted by Gasteiger charge is -2.27. The van der Waals surface area contributed by atoms with Gasteiger partial charge in [-0.15, -0.1) is 0 Å². The minimum Gasteiger partial charge on any atom is -0.470 e. The number of nitrogen functional groups attached to an aromatic ring is 1. The van der Waals surface area contributed by atoms with E-state index >= 15 is 0 Å². The fourth-order valence-corrected chi connectivity index (χ4v) is 4.09. The minimum atomic E-state index is 0.277. The maximum absolute atomic E-state index is 6.05. The van der Waals surface area contributed by atoms with Gasteiger partial charge in [-0.1, -0.05) is 6.07 Å². The number of hydrogen-bond donors (Lipinski definition) is 1. The molecule has 0 spiro atoms. The van der Waals surface area contributed by atoms with Gasteiger partial charge in [0.05, 0.1) is 22.9 Å². The van der Waals surface area contributed by atoms with Crippen molar-refractivity contribution in [3.8, 4) is 17.1 Å². The topological polar surface area (TPSA) is 90.0 Å². The Bertz CT molecular complexity index is 1270. The summed E-state index contributed by atoms with van der Waals surface area (Å²) in [5.41, 5.74) is 14.6. The van der Waals surface area contributed by atoms with E-state index in [4.69, 9.17) is 10.5 Å². The Balaban J connectivity index is 1.41. The van der Waals surface area contributed by atoms with E-state index in [0.717, 1.165) is 47.4 Å². The van der Waals surface area contributed by atoms with Crippen LogP contribution >= 0.6 is 0 Å². The Labute approximate surface area is 181 Å². The molecule has 0 radical (unpaired) electrons. The standard InChI is InChI=1S/C24H24N6O/c1-15-9-17(11-18-13-30(2)8-5-19(15)18)22-12-28-23(25)24(29-22)31-14-16-3-4-20-21(10-16)27-7-6-26-20/h3-4,6-7,9-12H,5,8,13-14H2,1-2H3,(H2,25,28). The number of likely N-dealkylation sites (N-methyl/N-ethyl adjacent to an activating group) is 1. The van der Waals surface area contributed by atoms with Gasteiger partial charge in [-0.05, 0) is 66.9 Å². The van der Waals surface area contributed by atoms with Gasteiger partial charge >= 0.3 is 0 Å². The lowest BCUT2D eigenvalue weighted by molar-refractivity contribution is 0.295. The molecule has 156 valence electrons. The molecule has 5 rings (SSSR count). The number of fused-ring (bicyclic) bond motifs is 2. The van der Waals surface area contributed by atoms with Crippen LogP contribution in [0.2, 0.25) is 0 Å². The highest BCUT2D eigenvalue weighted by Gasteiger charge is 2.17. The van der Waals surface area contributed by atoms with E-state index in [1.165, 1.54) is 16.7 Å². The first-order valence-corrected chi connectivity index (χ1v) is 10.3. The van der Waals surface area contributed by atoms with E-state index in [9.17, 15) is 0 Å². The van der Waals surface area contributed by atoms with Crippen LogP contribution in [0.4, 0.5) is 5.82 Å². The summed E-state index contributed by atoms with van der Waals surface area (Å²) >= 11 is 0. The highest BCUT2D eigenvalue weighted by molar-refractivity contribution is 5.74. The molecule has 0 fully saturated rings. The molecule has 0 bridgehead atoms. The summed E-state index contributed by atoms with van der Waals surface area (Å²) in [5.74, 6) is 0.614. The van der Waals surface area contributed by atoms with Crippen LogP contribution in [0, 0.1) is 6.92 Å². The zero-order valence-corrected chi connectivity index (χ0v) is 17.7. The molecule has 2 aromatic heterocycles. The van der Waals surface area contributed by atoms with E-state index in [0.29, 0.717) is 12.5 Å². The SMILES string of the molecule is Cc1cc(-c2cnc(N)c(OCc3ccc4nccnc4c3)n2)cc2c1CCN(C)C2. The molecule has 1 aliphatic rings. The number of anilines is 1. The monoisotopic (exact) mass is 412 g/mol. The van der Waals surface area contributed by atoms with Crippen LogP contribution < -0.4 is 10.5 Å². The third-order valence-electron chi connectivity index (χ3n) is 5.72. The fraction of sp³-hybridized carbons (Fsp3) is 0.250. The Kier molecular flexibility index (Phi) is 4.95. The lowest BCUT2D eigenvalue weighted by Crippen LogP contribution is -2.27. The summed E-state index contributed by atoms with van der Waals surface area (Å²) in [5, 5.41) is 0. The molecule has 0 unspecified atom stereocenters. The largest absolute Gasteiger partial charge is 0.470 e. The first kappa shape index (κ1) is 19.4. The van der Waals surface area contributed by atoms with Crippen LogP contribution in [0.1, 0.15) is 22.3 Å². The lowest BCUT2D eigenvalue weighted by atomic mass is 9.92. The fourth-order valence-electron chi connectivity index (χ4n) is 4.09. The van der Waals surface area contributed by atoms with E-state index in [-0.39, 0.29) is 5.82 Å². The van der Waals surface area contributed by atoms with Crippen molar-refractivity contribution in [1.82, 2.24) is 24.8 Å². The van der Waals surface area contributed by atoms with E-state index in [1.807, 2.05) is 18.2 Å². The molecular weight excluding hydrogens is 388 g/mol. The molecule has 3 heterocycles. The predicted octanol–water partition coefficient (Wildman–Crippen LogP) is 3.54. The van der Waals surface area contributed by atoms with E-state index in [2.05, 4.69) is 50.9 Å². The number of nitrogens with two attached hydrogens (primary N) is 1. The number of ether oxygens (including phenoxy) is 1. The molecule has 0 saturated heterocycles. The van der Waals surface area contributed by atoms with Crippen LogP contribution in [0.25, 0.3) is 22.3 Å². The summed E-state index contributed by atoms with van der Waals surface area (Å²) in [6, 6.07) is 10.2. The number of hydrogen-bond acceptors (Lipinski definition) is 7. The molecule has 4 aromatic rings. The predicted molar refractivity (Wildman–Crippen MR) is 121 cm³/mol. The van der Waals surface area contributed by atoms with Crippen LogP contribution in [0.3, 0.4) is 0 Å². The number of aryl methyl sites for hydroxylation is 1. The summed E-state index contributed by atoms with van der Waals surface area (Å²) in [4.78, 5) is 20.0. The molecule has 0 saturated carbocycles. The number of aromatic nitrogens is 4. The zero-order valence-electron chi connectivity index (χ0n) is 17.7. The second-order valence-electron chi connectivity index (χ2n) is 8.03. The molecule has 0 atom stereocenters. The smallest absolute Gasteiger partial charge is 0.258 e. The van der Waals surface area contributed by atoms with Gasteiger partial charge in [0.25, 0.3) is 5.88 Å². The number of benzene rings is 2. The molecule has 0 amide bonds. The molecule has 2 aromatic carbocycles. The van der Waals surface area contributed by atoms with Crippen LogP contribution in [-0.2, 0) is 19.6 Å². The van der Waals surface area contributed by atoms with Gasteiger partial charge in [0.2, 0.25) is 0 Å². The third kappa shape index (κ3) is 3.92. The Morgan fingerprint density at radius 3 is 2.77 bits per heavy atom. The van der Waals surface area contributed by atoms with Crippen LogP contribution in [0.15, 0.2) is 48.9 Å². The second kappa shape index (κ2) is 7.92. The normalized spacial score (nSPS) is 13.9. The summed E-state index contributed by atoms with van der Waals surface area (Å²) in [6.07, 6.45) is 6.15. The average molecular weight is 412 g/mol. The molecular formula is C24H24N6O. The van der Waals surface area contributed by atoms with E-state index in [1.54, 1.807) is 18.6 Å². The average Bonchev–Trinajstić information content (AvgIpc) is 2.78. The molecule has 1 aliphatic heterocycles. The summed E-state index contributed by atoms with van der Waals surface area (Å²) in [6.45, 7) is 4.52. The Hall–Kier alpha value is -3.58. The molecule has 7 heteroatoms.